The second kappa shape index (κ2) is 5.25. The summed E-state index contributed by atoms with van der Waals surface area (Å²) in [5.41, 5.74) is 7.19. The highest BCUT2D eigenvalue weighted by Crippen LogP contribution is 2.32. The van der Waals surface area contributed by atoms with Gasteiger partial charge in [-0.15, -0.1) is 0 Å². The number of carbonyl (C=O) groups is 2. The molecule has 1 saturated heterocycles. The van der Waals surface area contributed by atoms with Crippen LogP contribution in [0.3, 0.4) is 0 Å². The molecule has 20 heavy (non-hydrogen) atoms. The zero-order valence-electron chi connectivity index (χ0n) is 12.1. The van der Waals surface area contributed by atoms with Crippen molar-refractivity contribution in [2.24, 2.45) is 5.73 Å². The Labute approximate surface area is 119 Å². The molecule has 2 rings (SSSR count). The number of amides is 2. The summed E-state index contributed by atoms with van der Waals surface area (Å²) in [7, 11) is 0. The number of imide groups is 1. The maximum atomic E-state index is 12.1. The monoisotopic (exact) mass is 275 g/mol. The Kier molecular flexibility index (Phi) is 3.81. The molecular formula is C15H21N3O2. The molecule has 1 aromatic rings. The van der Waals surface area contributed by atoms with Crippen molar-refractivity contribution < 1.29 is 9.59 Å². The van der Waals surface area contributed by atoms with E-state index in [2.05, 4.69) is 5.32 Å². The summed E-state index contributed by atoms with van der Waals surface area (Å²) in [6.07, 6.45) is 0.797. The number of piperazine rings is 1. The van der Waals surface area contributed by atoms with E-state index in [1.807, 2.05) is 49.9 Å². The highest BCUT2D eigenvalue weighted by molar-refractivity contribution is 6.06. The minimum absolute atomic E-state index is 0.109. The number of anilines is 1. The number of nitrogens with zero attached hydrogens (tertiary/aromatic N) is 1. The van der Waals surface area contributed by atoms with Crippen LogP contribution in [0.25, 0.3) is 0 Å². The second-order valence-electron chi connectivity index (χ2n) is 5.60. The van der Waals surface area contributed by atoms with Gasteiger partial charge in [0, 0.05) is 11.7 Å². The Hall–Kier alpha value is -1.88. The van der Waals surface area contributed by atoms with Gasteiger partial charge < -0.3 is 10.6 Å². The lowest BCUT2D eigenvalue weighted by Gasteiger charge is -2.43. The Balaban J connectivity index is 2.49. The molecular weight excluding hydrogens is 254 g/mol. The van der Waals surface area contributed by atoms with Crippen LogP contribution in [0.5, 0.6) is 0 Å². The van der Waals surface area contributed by atoms with Gasteiger partial charge in [0.25, 0.3) is 5.91 Å². The highest BCUT2D eigenvalue weighted by atomic mass is 16.2. The minimum Gasteiger partial charge on any atom is -0.348 e. The SMILES string of the molecule is CCC(N)c1ccccc1N1CC(=O)NC(=O)C1(C)C. The summed E-state index contributed by atoms with van der Waals surface area (Å²) >= 11 is 0. The molecule has 0 spiro atoms. The van der Waals surface area contributed by atoms with Crippen molar-refractivity contribution in [2.45, 2.75) is 38.8 Å². The Morgan fingerprint density at radius 1 is 1.35 bits per heavy atom. The third kappa shape index (κ3) is 2.41. The average molecular weight is 275 g/mol. The maximum Gasteiger partial charge on any atom is 0.251 e. The standard InChI is InChI=1S/C15H21N3O2/c1-4-11(16)10-7-5-6-8-12(10)18-9-13(19)17-14(20)15(18,2)3/h5-8,11H,4,9,16H2,1-3H3,(H,17,19,20). The van der Waals surface area contributed by atoms with Crippen LogP contribution in [0.2, 0.25) is 0 Å². The van der Waals surface area contributed by atoms with E-state index >= 15 is 0 Å². The van der Waals surface area contributed by atoms with Crippen LogP contribution < -0.4 is 16.0 Å². The van der Waals surface area contributed by atoms with Gasteiger partial charge in [-0.25, -0.2) is 0 Å². The van der Waals surface area contributed by atoms with Crippen LogP contribution in [-0.2, 0) is 9.59 Å². The fourth-order valence-corrected chi connectivity index (χ4v) is 2.44. The quantitative estimate of drug-likeness (QED) is 0.816. The van der Waals surface area contributed by atoms with E-state index in [1.54, 1.807) is 0 Å². The summed E-state index contributed by atoms with van der Waals surface area (Å²) in [4.78, 5) is 25.6. The number of nitrogens with one attached hydrogen (secondary N) is 1. The van der Waals surface area contributed by atoms with Gasteiger partial charge in [0.15, 0.2) is 0 Å². The topological polar surface area (TPSA) is 75.4 Å². The zero-order chi connectivity index (χ0) is 14.9. The van der Waals surface area contributed by atoms with E-state index in [0.29, 0.717) is 0 Å². The number of para-hydroxylation sites is 1. The summed E-state index contributed by atoms with van der Waals surface area (Å²) in [6, 6.07) is 7.58. The fourth-order valence-electron chi connectivity index (χ4n) is 2.44. The first-order chi connectivity index (χ1) is 9.37. The van der Waals surface area contributed by atoms with Gasteiger partial charge in [0.1, 0.15) is 5.54 Å². The van der Waals surface area contributed by atoms with E-state index in [0.717, 1.165) is 17.7 Å². The molecule has 1 fully saturated rings. The number of rotatable bonds is 3. The van der Waals surface area contributed by atoms with Crippen molar-refractivity contribution in [2.75, 3.05) is 11.4 Å². The van der Waals surface area contributed by atoms with Gasteiger partial charge >= 0.3 is 0 Å². The normalized spacial score (nSPS) is 19.7. The molecule has 1 unspecified atom stereocenters. The fraction of sp³-hybridized carbons (Fsp3) is 0.467. The molecule has 2 amide bonds. The van der Waals surface area contributed by atoms with E-state index in [1.165, 1.54) is 0 Å². The van der Waals surface area contributed by atoms with E-state index < -0.39 is 5.54 Å². The first-order valence-electron chi connectivity index (χ1n) is 6.84. The van der Waals surface area contributed by atoms with Gasteiger partial charge in [-0.3, -0.25) is 14.9 Å². The number of carbonyl (C=O) groups excluding carboxylic acids is 2. The second-order valence-corrected chi connectivity index (χ2v) is 5.60. The molecule has 0 radical (unpaired) electrons. The van der Waals surface area contributed by atoms with Crippen LogP contribution in [0, 0.1) is 0 Å². The molecule has 1 heterocycles. The summed E-state index contributed by atoms with van der Waals surface area (Å²) < 4.78 is 0. The van der Waals surface area contributed by atoms with Crippen LogP contribution >= 0.6 is 0 Å². The predicted octanol–water partition coefficient (Wildman–Crippen LogP) is 1.34. The number of benzene rings is 1. The van der Waals surface area contributed by atoms with Crippen molar-refractivity contribution in [1.82, 2.24) is 5.32 Å². The van der Waals surface area contributed by atoms with Gasteiger partial charge in [-0.1, -0.05) is 25.1 Å². The molecule has 0 aliphatic carbocycles. The molecule has 3 N–H and O–H groups in total. The number of hydrogen-bond acceptors (Lipinski definition) is 4. The zero-order valence-corrected chi connectivity index (χ0v) is 12.1. The van der Waals surface area contributed by atoms with Gasteiger partial charge in [0.2, 0.25) is 5.91 Å². The summed E-state index contributed by atoms with van der Waals surface area (Å²) in [6.45, 7) is 5.79. The lowest BCUT2D eigenvalue weighted by atomic mass is 9.94. The summed E-state index contributed by atoms with van der Waals surface area (Å²) in [5, 5.41) is 2.38. The molecule has 0 bridgehead atoms. The molecule has 5 nitrogen and oxygen atoms in total. The van der Waals surface area contributed by atoms with E-state index in [9.17, 15) is 9.59 Å². The first-order valence-corrected chi connectivity index (χ1v) is 6.84. The van der Waals surface area contributed by atoms with Crippen molar-refractivity contribution in [3.8, 4) is 0 Å². The Morgan fingerprint density at radius 2 is 2.00 bits per heavy atom. The van der Waals surface area contributed by atoms with Crippen LogP contribution in [-0.4, -0.2) is 23.9 Å². The molecule has 0 aromatic heterocycles. The lowest BCUT2D eigenvalue weighted by Crippen LogP contribution is -2.64. The minimum atomic E-state index is -0.780. The number of nitrogens with two attached hydrogens (primary N) is 1. The largest absolute Gasteiger partial charge is 0.348 e. The van der Waals surface area contributed by atoms with Gasteiger partial charge in [-0.2, -0.15) is 0 Å². The Bertz CT molecular complexity index is 540. The molecule has 1 aliphatic rings. The van der Waals surface area contributed by atoms with Gasteiger partial charge in [0.05, 0.1) is 6.54 Å². The van der Waals surface area contributed by atoms with Crippen LogP contribution in [0.1, 0.15) is 38.8 Å². The molecule has 1 aromatic carbocycles. The highest BCUT2D eigenvalue weighted by Gasteiger charge is 2.41. The van der Waals surface area contributed by atoms with Crippen molar-refractivity contribution >= 4 is 17.5 Å². The molecule has 1 aliphatic heterocycles. The van der Waals surface area contributed by atoms with Crippen molar-refractivity contribution in [1.29, 1.82) is 0 Å². The third-order valence-corrected chi connectivity index (χ3v) is 3.85. The van der Waals surface area contributed by atoms with E-state index in [4.69, 9.17) is 5.73 Å². The molecule has 0 saturated carbocycles. The van der Waals surface area contributed by atoms with Crippen LogP contribution in [0.4, 0.5) is 5.69 Å². The lowest BCUT2D eigenvalue weighted by molar-refractivity contribution is -0.135. The van der Waals surface area contributed by atoms with Crippen molar-refractivity contribution in [3.63, 3.8) is 0 Å². The molecule has 108 valence electrons. The average Bonchev–Trinajstić information content (AvgIpc) is 2.42. The van der Waals surface area contributed by atoms with Crippen molar-refractivity contribution in [3.05, 3.63) is 29.8 Å². The smallest absolute Gasteiger partial charge is 0.251 e. The van der Waals surface area contributed by atoms with Gasteiger partial charge in [-0.05, 0) is 31.9 Å². The van der Waals surface area contributed by atoms with Crippen LogP contribution in [0.15, 0.2) is 24.3 Å². The first kappa shape index (κ1) is 14.5. The van der Waals surface area contributed by atoms with E-state index in [-0.39, 0.29) is 24.4 Å². The molecule has 5 heteroatoms. The maximum absolute atomic E-state index is 12.1. The number of hydrogen-bond donors (Lipinski definition) is 2. The summed E-state index contributed by atoms with van der Waals surface area (Å²) in [5.74, 6) is -0.567. The predicted molar refractivity (Wildman–Crippen MR) is 78.2 cm³/mol. The third-order valence-electron chi connectivity index (χ3n) is 3.85. The molecule has 1 atom stereocenters. The Morgan fingerprint density at radius 3 is 2.65 bits per heavy atom.